The minimum atomic E-state index is -0.376. The quantitative estimate of drug-likeness (QED) is 0.913. The molecule has 0 radical (unpaired) electrons. The van der Waals surface area contributed by atoms with Crippen LogP contribution in [-0.4, -0.2) is 38.3 Å². The van der Waals surface area contributed by atoms with Crippen LogP contribution >= 0.6 is 0 Å². The number of morpholine rings is 1. The van der Waals surface area contributed by atoms with E-state index in [0.717, 1.165) is 17.7 Å². The maximum absolute atomic E-state index is 12.3. The normalized spacial score (nSPS) is 18.1. The standard InChI is InChI=1S/C16H21N3O2/c1-3-7-18-16(20)14-11-21-9-8-19(14)15-12(2)5-4-6-13(15)10-17/h4-6,14H,3,7-9,11H2,1-2H3,(H,18,20). The third-order valence-electron chi connectivity index (χ3n) is 3.63. The van der Waals surface area contributed by atoms with E-state index in [1.165, 1.54) is 0 Å². The van der Waals surface area contributed by atoms with Crippen LogP contribution in [0.15, 0.2) is 18.2 Å². The van der Waals surface area contributed by atoms with Gasteiger partial charge in [0.05, 0.1) is 24.5 Å². The maximum atomic E-state index is 12.3. The number of carbonyl (C=O) groups excluding carboxylic acids is 1. The van der Waals surface area contributed by atoms with Gasteiger partial charge in [-0.15, -0.1) is 0 Å². The number of amides is 1. The maximum Gasteiger partial charge on any atom is 0.245 e. The van der Waals surface area contributed by atoms with Crippen LogP contribution < -0.4 is 10.2 Å². The van der Waals surface area contributed by atoms with Gasteiger partial charge in [0.1, 0.15) is 12.1 Å². The van der Waals surface area contributed by atoms with Gasteiger partial charge in [-0.25, -0.2) is 0 Å². The van der Waals surface area contributed by atoms with Crippen molar-refractivity contribution < 1.29 is 9.53 Å². The Morgan fingerprint density at radius 2 is 2.38 bits per heavy atom. The minimum absolute atomic E-state index is 0.0382. The van der Waals surface area contributed by atoms with E-state index in [4.69, 9.17) is 4.74 Å². The lowest BCUT2D eigenvalue weighted by molar-refractivity contribution is -0.124. The highest BCUT2D eigenvalue weighted by atomic mass is 16.5. The van der Waals surface area contributed by atoms with Gasteiger partial charge in [-0.05, 0) is 25.0 Å². The number of benzene rings is 1. The van der Waals surface area contributed by atoms with Crippen molar-refractivity contribution in [3.63, 3.8) is 0 Å². The molecule has 21 heavy (non-hydrogen) atoms. The molecule has 1 aromatic carbocycles. The van der Waals surface area contributed by atoms with Crippen LogP contribution in [0.25, 0.3) is 0 Å². The second-order valence-electron chi connectivity index (χ2n) is 5.16. The molecule has 1 amide bonds. The monoisotopic (exact) mass is 287 g/mol. The summed E-state index contributed by atoms with van der Waals surface area (Å²) >= 11 is 0. The highest BCUT2D eigenvalue weighted by Gasteiger charge is 2.31. The van der Waals surface area contributed by atoms with Gasteiger partial charge in [0.15, 0.2) is 0 Å². The molecule has 112 valence electrons. The number of hydrogen-bond acceptors (Lipinski definition) is 4. The van der Waals surface area contributed by atoms with Crippen LogP contribution in [0.4, 0.5) is 5.69 Å². The Kier molecular flexibility index (Phi) is 5.18. The number of rotatable bonds is 4. The average Bonchev–Trinajstić information content (AvgIpc) is 2.52. The topological polar surface area (TPSA) is 65.4 Å². The van der Waals surface area contributed by atoms with Crippen LogP contribution in [0.5, 0.6) is 0 Å². The number of nitrogens with zero attached hydrogens (tertiary/aromatic N) is 2. The summed E-state index contributed by atoms with van der Waals surface area (Å²) in [7, 11) is 0. The van der Waals surface area contributed by atoms with Crippen molar-refractivity contribution in [2.24, 2.45) is 0 Å². The average molecular weight is 287 g/mol. The number of para-hydroxylation sites is 1. The number of nitrogens with one attached hydrogen (secondary N) is 1. The van der Waals surface area contributed by atoms with E-state index in [-0.39, 0.29) is 11.9 Å². The lowest BCUT2D eigenvalue weighted by Gasteiger charge is -2.37. The van der Waals surface area contributed by atoms with Crippen LogP contribution in [-0.2, 0) is 9.53 Å². The number of hydrogen-bond donors (Lipinski definition) is 1. The molecule has 1 saturated heterocycles. The molecule has 0 bridgehead atoms. The fourth-order valence-corrected chi connectivity index (χ4v) is 2.58. The largest absolute Gasteiger partial charge is 0.377 e. The minimum Gasteiger partial charge on any atom is -0.377 e. The second kappa shape index (κ2) is 7.09. The molecular formula is C16H21N3O2. The smallest absolute Gasteiger partial charge is 0.245 e. The molecule has 0 aromatic heterocycles. The van der Waals surface area contributed by atoms with Crippen molar-refractivity contribution in [2.75, 3.05) is 31.2 Å². The van der Waals surface area contributed by atoms with Crippen molar-refractivity contribution in [1.29, 1.82) is 5.26 Å². The Balaban J connectivity index is 2.31. The molecule has 1 aromatic rings. The number of ether oxygens (including phenoxy) is 1. The molecule has 1 heterocycles. The first-order valence-electron chi connectivity index (χ1n) is 7.30. The van der Waals surface area contributed by atoms with Gasteiger partial charge in [-0.1, -0.05) is 19.1 Å². The molecule has 1 atom stereocenters. The molecule has 1 unspecified atom stereocenters. The third kappa shape index (κ3) is 3.34. The zero-order chi connectivity index (χ0) is 15.2. The van der Waals surface area contributed by atoms with Crippen molar-refractivity contribution in [3.05, 3.63) is 29.3 Å². The number of carbonyl (C=O) groups is 1. The summed E-state index contributed by atoms with van der Waals surface area (Å²) < 4.78 is 5.46. The zero-order valence-corrected chi connectivity index (χ0v) is 12.6. The van der Waals surface area contributed by atoms with Crippen LogP contribution in [0, 0.1) is 18.3 Å². The van der Waals surface area contributed by atoms with Crippen LogP contribution in [0.2, 0.25) is 0 Å². The predicted molar refractivity (Wildman–Crippen MR) is 81.1 cm³/mol. The zero-order valence-electron chi connectivity index (χ0n) is 12.6. The first kappa shape index (κ1) is 15.3. The van der Waals surface area contributed by atoms with E-state index in [1.54, 1.807) is 6.07 Å². The summed E-state index contributed by atoms with van der Waals surface area (Å²) in [5, 5.41) is 12.2. The SMILES string of the molecule is CCCNC(=O)C1COCCN1c1c(C)cccc1C#N. The summed E-state index contributed by atoms with van der Waals surface area (Å²) in [6.07, 6.45) is 0.896. The number of nitriles is 1. The number of aryl methyl sites for hydroxylation is 1. The van der Waals surface area contributed by atoms with E-state index < -0.39 is 0 Å². The van der Waals surface area contributed by atoms with Crippen molar-refractivity contribution in [1.82, 2.24) is 5.32 Å². The Labute approximate surface area is 125 Å². The van der Waals surface area contributed by atoms with Gasteiger partial charge >= 0.3 is 0 Å². The van der Waals surface area contributed by atoms with Crippen molar-refractivity contribution in [3.8, 4) is 6.07 Å². The number of anilines is 1. The van der Waals surface area contributed by atoms with E-state index in [9.17, 15) is 10.1 Å². The summed E-state index contributed by atoms with van der Waals surface area (Å²) in [5.41, 5.74) is 2.45. The highest BCUT2D eigenvalue weighted by molar-refractivity contribution is 5.86. The predicted octanol–water partition coefficient (Wildman–Crippen LogP) is 1.60. The lowest BCUT2D eigenvalue weighted by atomic mass is 10.0. The fourth-order valence-electron chi connectivity index (χ4n) is 2.58. The molecule has 1 aliphatic rings. The van der Waals surface area contributed by atoms with Crippen LogP contribution in [0.1, 0.15) is 24.5 Å². The van der Waals surface area contributed by atoms with Crippen molar-refractivity contribution >= 4 is 11.6 Å². The van der Waals surface area contributed by atoms with Gasteiger partial charge in [0.2, 0.25) is 5.91 Å². The van der Waals surface area contributed by atoms with Gasteiger partial charge in [0.25, 0.3) is 0 Å². The van der Waals surface area contributed by atoms with Gasteiger partial charge < -0.3 is 15.0 Å². The fraction of sp³-hybridized carbons (Fsp3) is 0.500. The molecule has 1 fully saturated rings. The van der Waals surface area contributed by atoms with E-state index >= 15 is 0 Å². The third-order valence-corrected chi connectivity index (χ3v) is 3.63. The first-order chi connectivity index (χ1) is 10.2. The molecule has 5 heteroatoms. The van der Waals surface area contributed by atoms with E-state index in [1.807, 2.05) is 30.9 Å². The molecule has 5 nitrogen and oxygen atoms in total. The summed E-state index contributed by atoms with van der Waals surface area (Å²) in [6, 6.07) is 7.47. The summed E-state index contributed by atoms with van der Waals surface area (Å²) in [6.45, 7) is 6.18. The van der Waals surface area contributed by atoms with Crippen LogP contribution in [0.3, 0.4) is 0 Å². The molecule has 1 aliphatic heterocycles. The molecule has 0 spiro atoms. The summed E-state index contributed by atoms with van der Waals surface area (Å²) in [5.74, 6) is -0.0382. The van der Waals surface area contributed by atoms with Gasteiger partial charge in [0, 0.05) is 13.1 Å². The van der Waals surface area contributed by atoms with Gasteiger partial charge in [-0.3, -0.25) is 4.79 Å². The lowest BCUT2D eigenvalue weighted by Crippen LogP contribution is -2.54. The Morgan fingerprint density at radius 3 is 3.10 bits per heavy atom. The Morgan fingerprint density at radius 1 is 1.57 bits per heavy atom. The molecule has 2 rings (SSSR count). The van der Waals surface area contributed by atoms with E-state index in [0.29, 0.717) is 31.9 Å². The van der Waals surface area contributed by atoms with Gasteiger partial charge in [-0.2, -0.15) is 5.26 Å². The Hall–Kier alpha value is -2.06. The highest BCUT2D eigenvalue weighted by Crippen LogP contribution is 2.28. The first-order valence-corrected chi connectivity index (χ1v) is 7.30. The van der Waals surface area contributed by atoms with Crippen molar-refractivity contribution in [2.45, 2.75) is 26.3 Å². The molecular weight excluding hydrogens is 266 g/mol. The summed E-state index contributed by atoms with van der Waals surface area (Å²) in [4.78, 5) is 14.3. The van der Waals surface area contributed by atoms with E-state index in [2.05, 4.69) is 11.4 Å². The second-order valence-corrected chi connectivity index (χ2v) is 5.16. The molecule has 0 saturated carbocycles. The molecule has 1 N–H and O–H groups in total. The Bertz CT molecular complexity index is 551. The molecule has 0 aliphatic carbocycles.